The zero-order valence-electron chi connectivity index (χ0n) is 6.58. The van der Waals surface area contributed by atoms with Gasteiger partial charge in [-0.3, -0.25) is 4.79 Å². The summed E-state index contributed by atoms with van der Waals surface area (Å²) in [5.41, 5.74) is 0. The average molecular weight is 155 g/mol. The molecule has 0 aromatic carbocycles. The number of carboxylic acids is 1. The van der Waals surface area contributed by atoms with Crippen LogP contribution in [0.5, 0.6) is 0 Å². The number of hydrogen-bond donors (Lipinski definition) is 2. The lowest BCUT2D eigenvalue weighted by atomic mass is 10.0. The van der Waals surface area contributed by atoms with E-state index in [0.29, 0.717) is 5.92 Å². The van der Waals surface area contributed by atoms with Crippen LogP contribution >= 0.6 is 0 Å². The molecule has 11 heavy (non-hydrogen) atoms. The van der Waals surface area contributed by atoms with E-state index in [2.05, 4.69) is 12.2 Å². The maximum Gasteiger partial charge on any atom is 0.324 e. The first-order valence-electron chi connectivity index (χ1n) is 3.88. The lowest BCUT2D eigenvalue weighted by molar-refractivity contribution is -0.138. The zero-order valence-corrected chi connectivity index (χ0v) is 6.58. The Morgan fingerprint density at radius 2 is 2.45 bits per heavy atom. The summed E-state index contributed by atoms with van der Waals surface area (Å²) < 4.78 is 0. The van der Waals surface area contributed by atoms with Crippen LogP contribution in [0.3, 0.4) is 0 Å². The minimum Gasteiger partial charge on any atom is -0.480 e. The number of aliphatic carboxylic acids is 1. The SMILES string of the molecule is CCC1C=CC(C(=O)O)NC1. The molecule has 0 fully saturated rings. The second-order valence-electron chi connectivity index (χ2n) is 2.78. The van der Waals surface area contributed by atoms with E-state index in [4.69, 9.17) is 5.11 Å². The minimum absolute atomic E-state index is 0.474. The molecule has 1 aliphatic rings. The van der Waals surface area contributed by atoms with Gasteiger partial charge in [-0.2, -0.15) is 0 Å². The van der Waals surface area contributed by atoms with E-state index in [9.17, 15) is 4.79 Å². The predicted molar refractivity (Wildman–Crippen MR) is 42.3 cm³/mol. The highest BCUT2D eigenvalue weighted by atomic mass is 16.4. The Kier molecular flexibility index (Phi) is 2.65. The Labute approximate surface area is 66.1 Å². The highest BCUT2D eigenvalue weighted by Crippen LogP contribution is 2.08. The molecule has 1 aliphatic heterocycles. The van der Waals surface area contributed by atoms with Gasteiger partial charge in [0.05, 0.1) is 0 Å². The second-order valence-corrected chi connectivity index (χ2v) is 2.78. The Hall–Kier alpha value is -0.830. The summed E-state index contributed by atoms with van der Waals surface area (Å²) in [4.78, 5) is 10.4. The topological polar surface area (TPSA) is 49.3 Å². The van der Waals surface area contributed by atoms with E-state index in [1.807, 2.05) is 6.08 Å². The monoisotopic (exact) mass is 155 g/mol. The number of nitrogens with one attached hydrogen (secondary N) is 1. The Balaban J connectivity index is 2.49. The van der Waals surface area contributed by atoms with Crippen molar-refractivity contribution in [2.24, 2.45) is 5.92 Å². The first-order chi connectivity index (χ1) is 5.24. The predicted octanol–water partition coefficient (Wildman–Crippen LogP) is 0.625. The Morgan fingerprint density at radius 3 is 2.82 bits per heavy atom. The molecule has 1 heterocycles. The van der Waals surface area contributed by atoms with Crippen LogP contribution in [0, 0.1) is 5.92 Å². The highest BCUT2D eigenvalue weighted by Gasteiger charge is 2.18. The summed E-state index contributed by atoms with van der Waals surface area (Å²) in [5.74, 6) is -0.290. The molecule has 0 radical (unpaired) electrons. The number of carboxylic acid groups (broad SMARTS) is 1. The Bertz CT molecular complexity index is 177. The van der Waals surface area contributed by atoms with Gasteiger partial charge in [-0.15, -0.1) is 0 Å². The van der Waals surface area contributed by atoms with Crippen molar-refractivity contribution in [3.05, 3.63) is 12.2 Å². The molecule has 1 rings (SSSR count). The maximum absolute atomic E-state index is 10.4. The molecule has 2 N–H and O–H groups in total. The molecule has 3 heteroatoms. The van der Waals surface area contributed by atoms with Crippen molar-refractivity contribution in [1.29, 1.82) is 0 Å². The summed E-state index contributed by atoms with van der Waals surface area (Å²) in [6, 6.07) is -0.474. The van der Waals surface area contributed by atoms with Gasteiger partial charge in [-0.25, -0.2) is 0 Å². The molecule has 0 amide bonds. The number of carbonyl (C=O) groups is 1. The van der Waals surface area contributed by atoms with Crippen LogP contribution in [0.1, 0.15) is 13.3 Å². The van der Waals surface area contributed by atoms with Crippen LogP contribution in [0.15, 0.2) is 12.2 Å². The van der Waals surface area contributed by atoms with Crippen molar-refractivity contribution in [2.45, 2.75) is 19.4 Å². The van der Waals surface area contributed by atoms with Gasteiger partial charge in [-0.1, -0.05) is 19.1 Å². The van der Waals surface area contributed by atoms with Crippen molar-refractivity contribution in [3.63, 3.8) is 0 Å². The Morgan fingerprint density at radius 1 is 1.73 bits per heavy atom. The van der Waals surface area contributed by atoms with Crippen molar-refractivity contribution in [2.75, 3.05) is 6.54 Å². The van der Waals surface area contributed by atoms with Gasteiger partial charge in [0.2, 0.25) is 0 Å². The standard InChI is InChI=1S/C8H13NO2/c1-2-6-3-4-7(8(10)11)9-5-6/h3-4,6-7,9H,2,5H2,1H3,(H,10,11). The molecule has 0 aliphatic carbocycles. The average Bonchev–Trinajstić information content (AvgIpc) is 2.05. The highest BCUT2D eigenvalue weighted by molar-refractivity contribution is 5.76. The van der Waals surface area contributed by atoms with Crippen molar-refractivity contribution in [3.8, 4) is 0 Å². The van der Waals surface area contributed by atoms with Gasteiger partial charge >= 0.3 is 5.97 Å². The molecule has 0 saturated carbocycles. The molecule has 2 atom stereocenters. The van der Waals surface area contributed by atoms with Crippen molar-refractivity contribution >= 4 is 5.97 Å². The molecule has 0 spiro atoms. The quantitative estimate of drug-likeness (QED) is 0.575. The fourth-order valence-corrected chi connectivity index (χ4v) is 1.13. The maximum atomic E-state index is 10.4. The third-order valence-electron chi connectivity index (χ3n) is 1.97. The van der Waals surface area contributed by atoms with Gasteiger partial charge in [-0.05, 0) is 12.3 Å². The lowest BCUT2D eigenvalue weighted by Crippen LogP contribution is -2.40. The first-order valence-corrected chi connectivity index (χ1v) is 3.88. The van der Waals surface area contributed by atoms with Crippen molar-refractivity contribution < 1.29 is 9.90 Å². The first kappa shape index (κ1) is 8.27. The summed E-state index contributed by atoms with van der Waals surface area (Å²) in [6.45, 7) is 2.88. The van der Waals surface area contributed by atoms with E-state index in [-0.39, 0.29) is 0 Å². The molecular weight excluding hydrogens is 142 g/mol. The second kappa shape index (κ2) is 3.53. The normalized spacial score (nSPS) is 30.3. The molecule has 3 nitrogen and oxygen atoms in total. The van der Waals surface area contributed by atoms with Crippen LogP contribution in [0.25, 0.3) is 0 Å². The van der Waals surface area contributed by atoms with Gasteiger partial charge < -0.3 is 10.4 Å². The van der Waals surface area contributed by atoms with Gasteiger partial charge in [0.25, 0.3) is 0 Å². The van der Waals surface area contributed by atoms with Crippen LogP contribution < -0.4 is 5.32 Å². The fourth-order valence-electron chi connectivity index (χ4n) is 1.13. The van der Waals surface area contributed by atoms with Crippen LogP contribution in [0.4, 0.5) is 0 Å². The molecule has 2 unspecified atom stereocenters. The molecule has 0 aromatic heterocycles. The molecule has 0 aromatic rings. The van der Waals surface area contributed by atoms with Gasteiger partial charge in [0, 0.05) is 6.54 Å². The van der Waals surface area contributed by atoms with Crippen molar-refractivity contribution in [1.82, 2.24) is 5.32 Å². The minimum atomic E-state index is -0.796. The van der Waals surface area contributed by atoms with Gasteiger partial charge in [0.15, 0.2) is 0 Å². The largest absolute Gasteiger partial charge is 0.480 e. The molecule has 0 saturated heterocycles. The lowest BCUT2D eigenvalue weighted by Gasteiger charge is -2.20. The van der Waals surface area contributed by atoms with E-state index in [0.717, 1.165) is 13.0 Å². The zero-order chi connectivity index (χ0) is 8.27. The van der Waals surface area contributed by atoms with E-state index >= 15 is 0 Å². The van der Waals surface area contributed by atoms with E-state index in [1.54, 1.807) is 6.08 Å². The smallest absolute Gasteiger partial charge is 0.324 e. The van der Waals surface area contributed by atoms with Crippen LogP contribution in [-0.2, 0) is 4.79 Å². The third-order valence-corrected chi connectivity index (χ3v) is 1.97. The number of hydrogen-bond acceptors (Lipinski definition) is 2. The van der Waals surface area contributed by atoms with E-state index < -0.39 is 12.0 Å². The number of rotatable bonds is 2. The summed E-state index contributed by atoms with van der Waals surface area (Å²) in [7, 11) is 0. The van der Waals surface area contributed by atoms with Crippen LogP contribution in [0.2, 0.25) is 0 Å². The third kappa shape index (κ3) is 2.05. The van der Waals surface area contributed by atoms with Gasteiger partial charge in [0.1, 0.15) is 6.04 Å². The molecular formula is C8H13NO2. The summed E-state index contributed by atoms with van der Waals surface area (Å²) in [5, 5.41) is 11.5. The fraction of sp³-hybridized carbons (Fsp3) is 0.625. The van der Waals surface area contributed by atoms with E-state index in [1.165, 1.54) is 0 Å². The van der Waals surface area contributed by atoms with Crippen LogP contribution in [-0.4, -0.2) is 23.7 Å². The summed E-state index contributed by atoms with van der Waals surface area (Å²) >= 11 is 0. The molecule has 62 valence electrons. The summed E-state index contributed by atoms with van der Waals surface area (Å²) in [6.07, 6.45) is 4.77. The molecule has 0 bridgehead atoms.